The van der Waals surface area contributed by atoms with Gasteiger partial charge in [-0.05, 0) is 44.4 Å². The average molecular weight is 483 g/mol. The zero-order valence-corrected chi connectivity index (χ0v) is 20.5. The first-order valence-corrected chi connectivity index (χ1v) is 11.8. The molecule has 1 fully saturated rings. The van der Waals surface area contributed by atoms with Gasteiger partial charge in [0.2, 0.25) is 5.91 Å². The van der Waals surface area contributed by atoms with Gasteiger partial charge in [0.1, 0.15) is 0 Å². The number of hydrogen-bond donors (Lipinski definition) is 4. The van der Waals surface area contributed by atoms with Crippen molar-refractivity contribution in [1.29, 1.82) is 0 Å². The molecule has 0 bridgehead atoms. The Kier molecular flexibility index (Phi) is 9.56. The molecule has 0 spiro atoms. The largest absolute Gasteiger partial charge is 0.483 e. The van der Waals surface area contributed by atoms with Crippen LogP contribution in [0.2, 0.25) is 0 Å². The van der Waals surface area contributed by atoms with Gasteiger partial charge < -0.3 is 25.8 Å². The van der Waals surface area contributed by atoms with E-state index in [1.165, 1.54) is 12.5 Å². The van der Waals surface area contributed by atoms with Gasteiger partial charge in [-0.2, -0.15) is 5.10 Å². The maximum atomic E-state index is 11.2. The fraction of sp³-hybridized carbons (Fsp3) is 0.440. The lowest BCUT2D eigenvalue weighted by Crippen LogP contribution is -2.29. The van der Waals surface area contributed by atoms with Gasteiger partial charge in [0, 0.05) is 62.8 Å². The number of carboxylic acid groups (broad SMARTS) is 1. The summed E-state index contributed by atoms with van der Waals surface area (Å²) in [6, 6.07) is 8.29. The van der Waals surface area contributed by atoms with E-state index in [9.17, 15) is 4.79 Å². The standard InChI is InChI=1S/C24H32N6O2.CH2O2/c1-4-30-24-22(15-26-30)23(29-20-9-11-32-12-10-20)21(16(2)27-24)14-25-13-18-5-7-19(8-6-18)28-17(3)31;2-1-3/h5-8,15,20,25H,4,9-14H2,1-3H3,(H,27,29)(H,28,31);1H,(H,2,3). The Morgan fingerprint density at radius 2 is 1.91 bits per heavy atom. The van der Waals surface area contributed by atoms with Crippen LogP contribution < -0.4 is 16.0 Å². The van der Waals surface area contributed by atoms with E-state index >= 15 is 0 Å². The van der Waals surface area contributed by atoms with Crippen molar-refractivity contribution in [1.82, 2.24) is 20.1 Å². The number of nitrogens with zero attached hydrogens (tertiary/aromatic N) is 3. The highest BCUT2D eigenvalue weighted by atomic mass is 16.5. The molecule has 10 nitrogen and oxygen atoms in total. The van der Waals surface area contributed by atoms with Gasteiger partial charge in [-0.1, -0.05) is 12.1 Å². The van der Waals surface area contributed by atoms with E-state index in [2.05, 4.69) is 34.9 Å². The summed E-state index contributed by atoms with van der Waals surface area (Å²) in [6.45, 7) is 9.22. The Bertz CT molecular complexity index is 1120. The van der Waals surface area contributed by atoms with Crippen molar-refractivity contribution in [3.05, 3.63) is 47.3 Å². The molecule has 0 aliphatic carbocycles. The molecule has 4 N–H and O–H groups in total. The summed E-state index contributed by atoms with van der Waals surface area (Å²) in [7, 11) is 0. The molecule has 1 aliphatic heterocycles. The summed E-state index contributed by atoms with van der Waals surface area (Å²) in [5.41, 5.74) is 6.21. The Balaban J connectivity index is 0.00000108. The quantitative estimate of drug-likeness (QED) is 0.360. The minimum Gasteiger partial charge on any atom is -0.483 e. The van der Waals surface area contributed by atoms with E-state index < -0.39 is 0 Å². The summed E-state index contributed by atoms with van der Waals surface area (Å²) in [4.78, 5) is 24.4. The van der Waals surface area contributed by atoms with Crippen LogP contribution in [0, 0.1) is 6.92 Å². The molecule has 1 aliphatic rings. The highest BCUT2D eigenvalue weighted by Crippen LogP contribution is 2.30. The summed E-state index contributed by atoms with van der Waals surface area (Å²) < 4.78 is 7.49. The molecule has 3 aromatic rings. The molecule has 1 amide bonds. The molecule has 3 heterocycles. The first kappa shape index (κ1) is 26.1. The number of fused-ring (bicyclic) bond motifs is 1. The average Bonchev–Trinajstić information content (AvgIpc) is 3.25. The lowest BCUT2D eigenvalue weighted by Gasteiger charge is -2.26. The van der Waals surface area contributed by atoms with E-state index in [1.54, 1.807) is 0 Å². The van der Waals surface area contributed by atoms with E-state index in [0.29, 0.717) is 12.6 Å². The number of anilines is 2. The second-order valence-corrected chi connectivity index (χ2v) is 8.37. The monoisotopic (exact) mass is 482 g/mol. The fourth-order valence-electron chi connectivity index (χ4n) is 4.14. The van der Waals surface area contributed by atoms with Crippen LogP contribution in [-0.2, 0) is 34.0 Å². The Morgan fingerprint density at radius 1 is 1.23 bits per heavy atom. The molecule has 0 atom stereocenters. The van der Waals surface area contributed by atoms with Crippen molar-refractivity contribution in [2.75, 3.05) is 23.8 Å². The normalized spacial score (nSPS) is 13.7. The van der Waals surface area contributed by atoms with Crippen molar-refractivity contribution in [3.63, 3.8) is 0 Å². The third-order valence-electron chi connectivity index (χ3n) is 5.87. The molecular formula is C25H34N6O4. The van der Waals surface area contributed by atoms with Crippen molar-refractivity contribution >= 4 is 34.8 Å². The molecule has 0 radical (unpaired) electrons. The topological polar surface area (TPSA) is 130 Å². The molecule has 2 aromatic heterocycles. The van der Waals surface area contributed by atoms with E-state index in [-0.39, 0.29) is 12.4 Å². The number of rotatable bonds is 8. The number of hydrogen-bond acceptors (Lipinski definition) is 7. The van der Waals surface area contributed by atoms with Gasteiger partial charge in [0.15, 0.2) is 5.65 Å². The zero-order chi connectivity index (χ0) is 25.2. The number of benzene rings is 1. The Hall–Kier alpha value is -3.50. The predicted octanol–water partition coefficient (Wildman–Crippen LogP) is 3.30. The highest BCUT2D eigenvalue weighted by Gasteiger charge is 2.20. The van der Waals surface area contributed by atoms with E-state index in [1.807, 2.05) is 35.1 Å². The van der Waals surface area contributed by atoms with Crippen LogP contribution in [0.5, 0.6) is 0 Å². The van der Waals surface area contributed by atoms with E-state index in [0.717, 1.165) is 72.8 Å². The number of ether oxygens (including phenoxy) is 1. The molecule has 188 valence electrons. The van der Waals surface area contributed by atoms with Gasteiger partial charge in [0.05, 0.1) is 17.3 Å². The fourth-order valence-corrected chi connectivity index (χ4v) is 4.14. The molecule has 1 aromatic carbocycles. The minimum absolute atomic E-state index is 0.0646. The van der Waals surface area contributed by atoms with Crippen LogP contribution in [0.25, 0.3) is 11.0 Å². The van der Waals surface area contributed by atoms with Gasteiger partial charge in [-0.3, -0.25) is 9.59 Å². The Morgan fingerprint density at radius 3 is 2.54 bits per heavy atom. The second kappa shape index (κ2) is 12.8. The maximum Gasteiger partial charge on any atom is 0.290 e. The number of aryl methyl sites for hydroxylation is 2. The van der Waals surface area contributed by atoms with Crippen molar-refractivity contribution in [2.45, 2.75) is 59.3 Å². The van der Waals surface area contributed by atoms with Crippen LogP contribution in [0.15, 0.2) is 30.5 Å². The first-order valence-electron chi connectivity index (χ1n) is 11.8. The molecule has 4 rings (SSSR count). The third kappa shape index (κ3) is 7.00. The van der Waals surface area contributed by atoms with Crippen molar-refractivity contribution < 1.29 is 19.4 Å². The van der Waals surface area contributed by atoms with Crippen LogP contribution in [0.3, 0.4) is 0 Å². The SMILES string of the molecule is CCn1ncc2c(NC3CCOCC3)c(CNCc3ccc(NC(C)=O)cc3)c(C)nc21.O=CO. The second-order valence-electron chi connectivity index (χ2n) is 8.37. The van der Waals surface area contributed by atoms with Crippen molar-refractivity contribution in [3.8, 4) is 0 Å². The van der Waals surface area contributed by atoms with E-state index in [4.69, 9.17) is 19.6 Å². The third-order valence-corrected chi connectivity index (χ3v) is 5.87. The number of aromatic nitrogens is 3. The number of carbonyl (C=O) groups excluding carboxylic acids is 1. The predicted molar refractivity (Wildman–Crippen MR) is 135 cm³/mol. The van der Waals surface area contributed by atoms with Gasteiger partial charge in [0.25, 0.3) is 6.47 Å². The summed E-state index contributed by atoms with van der Waals surface area (Å²) >= 11 is 0. The van der Waals surface area contributed by atoms with Gasteiger partial charge in [-0.15, -0.1) is 0 Å². The number of nitrogens with one attached hydrogen (secondary N) is 3. The first-order chi connectivity index (χ1) is 17.0. The number of carbonyl (C=O) groups is 2. The molecule has 10 heteroatoms. The van der Waals surface area contributed by atoms with Crippen LogP contribution in [0.4, 0.5) is 11.4 Å². The lowest BCUT2D eigenvalue weighted by molar-refractivity contribution is -0.123. The lowest BCUT2D eigenvalue weighted by atomic mass is 10.0. The minimum atomic E-state index is -0.250. The molecule has 35 heavy (non-hydrogen) atoms. The van der Waals surface area contributed by atoms with Crippen LogP contribution >= 0.6 is 0 Å². The highest BCUT2D eigenvalue weighted by molar-refractivity contribution is 5.91. The zero-order valence-electron chi connectivity index (χ0n) is 20.5. The molecular weight excluding hydrogens is 448 g/mol. The van der Waals surface area contributed by atoms with Crippen molar-refractivity contribution in [2.24, 2.45) is 0 Å². The molecule has 1 saturated heterocycles. The Labute approximate surface area is 205 Å². The molecule has 0 saturated carbocycles. The smallest absolute Gasteiger partial charge is 0.290 e. The summed E-state index contributed by atoms with van der Waals surface area (Å²) in [5, 5.41) is 22.7. The van der Waals surface area contributed by atoms with Gasteiger partial charge in [-0.25, -0.2) is 9.67 Å². The number of pyridine rings is 1. The summed E-state index contributed by atoms with van der Waals surface area (Å²) in [6.07, 6.45) is 3.92. The summed E-state index contributed by atoms with van der Waals surface area (Å²) in [5.74, 6) is -0.0646. The van der Waals surface area contributed by atoms with Gasteiger partial charge >= 0.3 is 0 Å². The maximum absolute atomic E-state index is 11.2. The van der Waals surface area contributed by atoms with Crippen LogP contribution in [0.1, 0.15) is 43.5 Å². The molecule has 0 unspecified atom stereocenters. The van der Waals surface area contributed by atoms with Crippen LogP contribution in [-0.4, -0.2) is 51.5 Å². The number of amides is 1.